The number of nitrogens with one attached hydrogen (secondary N) is 1. The first kappa shape index (κ1) is 21.3. The predicted molar refractivity (Wildman–Crippen MR) is 116 cm³/mol. The Bertz CT molecular complexity index is 1270. The van der Waals surface area contributed by atoms with Gasteiger partial charge in [0.25, 0.3) is 5.91 Å². The van der Waals surface area contributed by atoms with Crippen LogP contribution in [0.4, 0.5) is 10.1 Å². The Kier molecular flexibility index (Phi) is 5.72. The minimum absolute atomic E-state index is 0.0369. The van der Waals surface area contributed by atoms with Crippen LogP contribution < -0.4 is 5.32 Å². The number of aromatic nitrogens is 2. The molecule has 9 heteroatoms. The second kappa shape index (κ2) is 8.32. The molecule has 0 saturated carbocycles. The van der Waals surface area contributed by atoms with Crippen LogP contribution in [0.2, 0.25) is 0 Å². The highest BCUT2D eigenvalue weighted by Gasteiger charge is 2.26. The zero-order valence-corrected chi connectivity index (χ0v) is 18.2. The summed E-state index contributed by atoms with van der Waals surface area (Å²) in [6.45, 7) is 4.51. The van der Waals surface area contributed by atoms with Gasteiger partial charge >= 0.3 is 0 Å². The number of aryl methyl sites for hydroxylation is 2. The summed E-state index contributed by atoms with van der Waals surface area (Å²) in [7, 11) is -3.64. The van der Waals surface area contributed by atoms with Crippen molar-refractivity contribution in [1.82, 2.24) is 14.3 Å². The Labute approximate surface area is 180 Å². The standard InChI is InChI=1S/C22H23FN4O3S/c1-14-15(2)25-21-19(11-16(23)12-20(21)24-14)22(28)26-17-7-6-8-18(13-17)31(29,30)27-9-4-3-5-10-27/h6-8,11-13H,3-5,9-10H2,1-2H3,(H,26,28). The van der Waals surface area contributed by atoms with E-state index in [4.69, 9.17) is 0 Å². The van der Waals surface area contributed by atoms with Crippen molar-refractivity contribution in [2.24, 2.45) is 0 Å². The molecular formula is C22H23FN4O3S. The van der Waals surface area contributed by atoms with Crippen molar-refractivity contribution in [3.05, 3.63) is 59.2 Å². The summed E-state index contributed by atoms with van der Waals surface area (Å²) in [5.74, 6) is -1.19. The number of hydrogen-bond donors (Lipinski definition) is 1. The lowest BCUT2D eigenvalue weighted by Gasteiger charge is -2.26. The van der Waals surface area contributed by atoms with Gasteiger partial charge in [0.15, 0.2) is 0 Å². The first-order chi connectivity index (χ1) is 14.8. The first-order valence-electron chi connectivity index (χ1n) is 10.1. The van der Waals surface area contributed by atoms with E-state index < -0.39 is 21.7 Å². The van der Waals surface area contributed by atoms with Crippen molar-refractivity contribution < 1.29 is 17.6 Å². The Morgan fingerprint density at radius 1 is 1.03 bits per heavy atom. The van der Waals surface area contributed by atoms with Crippen LogP contribution in [-0.2, 0) is 10.0 Å². The van der Waals surface area contributed by atoms with Crippen LogP contribution in [0.25, 0.3) is 11.0 Å². The normalized spacial score (nSPS) is 15.2. The largest absolute Gasteiger partial charge is 0.322 e. The number of fused-ring (bicyclic) bond motifs is 1. The van der Waals surface area contributed by atoms with E-state index in [-0.39, 0.29) is 16.0 Å². The van der Waals surface area contributed by atoms with Gasteiger partial charge in [0, 0.05) is 24.8 Å². The second-order valence-electron chi connectivity index (χ2n) is 7.66. The average molecular weight is 443 g/mol. The van der Waals surface area contributed by atoms with Gasteiger partial charge in [-0.1, -0.05) is 12.5 Å². The van der Waals surface area contributed by atoms with Crippen molar-refractivity contribution in [3.8, 4) is 0 Å². The zero-order valence-electron chi connectivity index (χ0n) is 17.4. The van der Waals surface area contributed by atoms with Gasteiger partial charge in [0.05, 0.1) is 27.4 Å². The molecule has 1 aromatic heterocycles. The molecule has 7 nitrogen and oxygen atoms in total. The number of rotatable bonds is 4. The number of sulfonamides is 1. The molecule has 0 aliphatic carbocycles. The SMILES string of the molecule is Cc1nc2cc(F)cc(C(=O)Nc3cccc(S(=O)(=O)N4CCCCC4)c3)c2nc1C. The predicted octanol–water partition coefficient (Wildman–Crippen LogP) is 3.81. The molecule has 162 valence electrons. The van der Waals surface area contributed by atoms with Crippen LogP contribution in [-0.4, -0.2) is 41.7 Å². The summed E-state index contributed by atoms with van der Waals surface area (Å²) in [6.07, 6.45) is 2.69. The van der Waals surface area contributed by atoms with E-state index in [1.807, 2.05) is 0 Å². The molecule has 0 atom stereocenters. The molecule has 1 amide bonds. The van der Waals surface area contributed by atoms with Gasteiger partial charge in [0.2, 0.25) is 10.0 Å². The minimum atomic E-state index is -3.64. The van der Waals surface area contributed by atoms with Crippen molar-refractivity contribution in [3.63, 3.8) is 0 Å². The van der Waals surface area contributed by atoms with E-state index in [1.165, 1.54) is 22.5 Å². The fourth-order valence-corrected chi connectivity index (χ4v) is 5.22. The third-order valence-corrected chi connectivity index (χ3v) is 7.33. The van der Waals surface area contributed by atoms with Gasteiger partial charge in [-0.3, -0.25) is 4.79 Å². The van der Waals surface area contributed by atoms with Crippen LogP contribution in [0, 0.1) is 19.7 Å². The highest BCUT2D eigenvalue weighted by atomic mass is 32.2. The quantitative estimate of drug-likeness (QED) is 0.663. The maximum Gasteiger partial charge on any atom is 0.258 e. The Morgan fingerprint density at radius 2 is 1.74 bits per heavy atom. The summed E-state index contributed by atoms with van der Waals surface area (Å²) in [5, 5.41) is 2.67. The van der Waals surface area contributed by atoms with E-state index >= 15 is 0 Å². The molecule has 1 aliphatic heterocycles. The lowest BCUT2D eigenvalue weighted by molar-refractivity contribution is 0.102. The molecular weight excluding hydrogens is 419 g/mol. The number of anilines is 1. The summed E-state index contributed by atoms with van der Waals surface area (Å²) in [4.78, 5) is 21.8. The number of benzene rings is 2. The van der Waals surface area contributed by atoms with E-state index in [0.717, 1.165) is 25.3 Å². The smallest absolute Gasteiger partial charge is 0.258 e. The van der Waals surface area contributed by atoms with Gasteiger partial charge in [-0.25, -0.2) is 22.8 Å². The van der Waals surface area contributed by atoms with Crippen molar-refractivity contribution >= 4 is 32.7 Å². The average Bonchev–Trinajstić information content (AvgIpc) is 2.75. The van der Waals surface area contributed by atoms with Crippen LogP contribution in [0.15, 0.2) is 41.3 Å². The molecule has 0 bridgehead atoms. The van der Waals surface area contributed by atoms with Crippen molar-refractivity contribution in [2.45, 2.75) is 38.0 Å². The van der Waals surface area contributed by atoms with Crippen LogP contribution in [0.5, 0.6) is 0 Å². The molecule has 2 heterocycles. The lowest BCUT2D eigenvalue weighted by atomic mass is 10.1. The molecule has 3 aromatic rings. The third-order valence-electron chi connectivity index (χ3n) is 5.44. The molecule has 1 saturated heterocycles. The lowest BCUT2D eigenvalue weighted by Crippen LogP contribution is -2.35. The Hall–Kier alpha value is -2.91. The monoisotopic (exact) mass is 442 g/mol. The molecule has 2 aromatic carbocycles. The minimum Gasteiger partial charge on any atom is -0.322 e. The first-order valence-corrected chi connectivity index (χ1v) is 11.6. The van der Waals surface area contributed by atoms with Gasteiger partial charge in [-0.15, -0.1) is 0 Å². The third kappa shape index (κ3) is 4.28. The molecule has 4 rings (SSSR count). The molecule has 0 spiro atoms. The fourth-order valence-electron chi connectivity index (χ4n) is 3.66. The van der Waals surface area contributed by atoms with Gasteiger partial charge < -0.3 is 5.32 Å². The second-order valence-corrected chi connectivity index (χ2v) is 9.60. The molecule has 1 aliphatic rings. The number of carbonyl (C=O) groups excluding carboxylic acids is 1. The zero-order chi connectivity index (χ0) is 22.2. The van der Waals surface area contributed by atoms with Crippen molar-refractivity contribution in [2.75, 3.05) is 18.4 Å². The molecule has 1 N–H and O–H groups in total. The van der Waals surface area contributed by atoms with E-state index in [9.17, 15) is 17.6 Å². The van der Waals surface area contributed by atoms with Crippen LogP contribution in [0.3, 0.4) is 0 Å². The van der Waals surface area contributed by atoms with Gasteiger partial charge in [-0.2, -0.15) is 4.31 Å². The number of carbonyl (C=O) groups is 1. The molecule has 0 radical (unpaired) electrons. The number of amides is 1. The van der Waals surface area contributed by atoms with Crippen molar-refractivity contribution in [1.29, 1.82) is 0 Å². The van der Waals surface area contributed by atoms with E-state index in [1.54, 1.807) is 26.0 Å². The van der Waals surface area contributed by atoms with Crippen LogP contribution >= 0.6 is 0 Å². The Balaban J connectivity index is 1.66. The van der Waals surface area contributed by atoms with Crippen LogP contribution in [0.1, 0.15) is 41.0 Å². The molecule has 31 heavy (non-hydrogen) atoms. The molecule has 1 fully saturated rings. The molecule has 0 unspecified atom stereocenters. The number of hydrogen-bond acceptors (Lipinski definition) is 5. The highest BCUT2D eigenvalue weighted by molar-refractivity contribution is 7.89. The summed E-state index contributed by atoms with van der Waals surface area (Å²) >= 11 is 0. The van der Waals surface area contributed by atoms with Gasteiger partial charge in [-0.05, 0) is 51.0 Å². The van der Waals surface area contributed by atoms with E-state index in [2.05, 4.69) is 15.3 Å². The van der Waals surface area contributed by atoms with E-state index in [0.29, 0.717) is 35.7 Å². The highest BCUT2D eigenvalue weighted by Crippen LogP contribution is 2.24. The maximum atomic E-state index is 14.1. The maximum absolute atomic E-state index is 14.1. The Morgan fingerprint density at radius 3 is 2.48 bits per heavy atom. The summed E-state index contributed by atoms with van der Waals surface area (Å²) < 4.78 is 41.5. The number of halogens is 1. The number of nitrogens with zero attached hydrogens (tertiary/aromatic N) is 3. The van der Waals surface area contributed by atoms with Gasteiger partial charge in [0.1, 0.15) is 11.3 Å². The topological polar surface area (TPSA) is 92.3 Å². The fraction of sp³-hybridized carbons (Fsp3) is 0.318. The number of piperidine rings is 1. The summed E-state index contributed by atoms with van der Waals surface area (Å²) in [6, 6.07) is 8.44. The summed E-state index contributed by atoms with van der Waals surface area (Å²) in [5.41, 5.74) is 2.21.